The summed E-state index contributed by atoms with van der Waals surface area (Å²) >= 11 is 16.2. The van der Waals surface area contributed by atoms with Crippen molar-refractivity contribution in [1.82, 2.24) is 9.36 Å². The zero-order chi connectivity index (χ0) is 15.5. The van der Waals surface area contributed by atoms with Gasteiger partial charge in [-0.05, 0) is 23.0 Å². The van der Waals surface area contributed by atoms with E-state index >= 15 is 0 Å². The zero-order valence-electron chi connectivity index (χ0n) is 10.8. The maximum atomic E-state index is 6.18. The average molecular weight is 391 g/mol. The summed E-state index contributed by atoms with van der Waals surface area (Å²) in [6.45, 7) is 0.228. The molecule has 0 saturated heterocycles. The molecule has 2 N–H and O–H groups in total. The minimum absolute atomic E-state index is 0.228. The summed E-state index contributed by atoms with van der Waals surface area (Å²) in [6, 6.07) is 1.93. The Kier molecular flexibility index (Phi) is 4.94. The summed E-state index contributed by atoms with van der Waals surface area (Å²) in [4.78, 5) is 10.2. The van der Waals surface area contributed by atoms with Crippen LogP contribution in [0, 0.1) is 0 Å². The number of nitrogens with two attached hydrogens (primary N) is 1. The lowest BCUT2D eigenvalue weighted by atomic mass is 10.2. The summed E-state index contributed by atoms with van der Waals surface area (Å²) in [5.74, 6) is 0. The Morgan fingerprint density at radius 3 is 2.82 bits per heavy atom. The number of halogens is 2. The van der Waals surface area contributed by atoms with Gasteiger partial charge in [0.1, 0.15) is 10.7 Å². The largest absolute Gasteiger partial charge is 0.389 e. The number of rotatable bonds is 5. The summed E-state index contributed by atoms with van der Waals surface area (Å²) in [5, 5.41) is 11.0. The molecule has 5 nitrogen and oxygen atoms in total. The number of oxime groups is 1. The van der Waals surface area contributed by atoms with Gasteiger partial charge in [0.05, 0.1) is 10.6 Å². The number of thiophene rings is 1. The fourth-order valence-electron chi connectivity index (χ4n) is 1.58. The molecule has 10 heteroatoms. The third-order valence-electron chi connectivity index (χ3n) is 2.55. The molecule has 0 fully saturated rings. The quantitative estimate of drug-likeness (QED) is 0.513. The van der Waals surface area contributed by atoms with Crippen LogP contribution in [0.2, 0.25) is 10.2 Å². The molecule has 3 aromatic heterocycles. The number of aromatic nitrogens is 2. The van der Waals surface area contributed by atoms with Gasteiger partial charge in [0.25, 0.3) is 0 Å². The first-order valence-electron chi connectivity index (χ1n) is 5.88. The monoisotopic (exact) mass is 390 g/mol. The van der Waals surface area contributed by atoms with Crippen molar-refractivity contribution in [3.05, 3.63) is 48.5 Å². The van der Waals surface area contributed by atoms with E-state index in [9.17, 15) is 0 Å². The first-order chi connectivity index (χ1) is 10.6. The van der Waals surface area contributed by atoms with Gasteiger partial charge in [-0.2, -0.15) is 15.7 Å². The van der Waals surface area contributed by atoms with Crippen LogP contribution >= 0.6 is 57.4 Å². The van der Waals surface area contributed by atoms with Gasteiger partial charge in [-0.15, -0.1) is 11.3 Å². The van der Waals surface area contributed by atoms with E-state index in [-0.39, 0.29) is 11.8 Å². The Morgan fingerprint density at radius 1 is 1.36 bits per heavy atom. The second-order valence-corrected chi connectivity index (χ2v) is 7.20. The average Bonchev–Trinajstić information content (AvgIpc) is 3.21. The topological polar surface area (TPSA) is 73.4 Å². The van der Waals surface area contributed by atoms with E-state index < -0.39 is 0 Å². The molecular weight excluding hydrogens is 383 g/mol. The molecule has 3 rings (SSSR count). The number of anilines is 1. The highest BCUT2D eigenvalue weighted by Crippen LogP contribution is 2.31. The van der Waals surface area contributed by atoms with Crippen molar-refractivity contribution in [1.29, 1.82) is 0 Å². The maximum Gasteiger partial charge on any atom is 0.180 e. The molecule has 0 aliphatic carbocycles. The highest BCUT2D eigenvalue weighted by Gasteiger charge is 2.18. The first-order valence-corrected chi connectivity index (χ1v) is 9.23. The molecule has 0 aliphatic heterocycles. The summed E-state index contributed by atoms with van der Waals surface area (Å²) in [7, 11) is 0. The van der Waals surface area contributed by atoms with Gasteiger partial charge < -0.3 is 10.6 Å². The minimum atomic E-state index is 0.228. The van der Waals surface area contributed by atoms with E-state index in [1.165, 1.54) is 22.9 Å². The van der Waals surface area contributed by atoms with Crippen LogP contribution in [0.4, 0.5) is 5.13 Å². The molecule has 0 bridgehead atoms. The van der Waals surface area contributed by atoms with Crippen LogP contribution in [0.1, 0.15) is 16.1 Å². The number of nitrogens with zero attached hydrogens (tertiary/aromatic N) is 3. The van der Waals surface area contributed by atoms with Crippen LogP contribution in [0.15, 0.2) is 27.4 Å². The van der Waals surface area contributed by atoms with E-state index in [0.29, 0.717) is 20.7 Å². The zero-order valence-corrected chi connectivity index (χ0v) is 14.8. The Hall–Kier alpha value is -1.19. The third-order valence-corrected chi connectivity index (χ3v) is 5.76. The van der Waals surface area contributed by atoms with Gasteiger partial charge in [-0.25, -0.2) is 4.98 Å². The van der Waals surface area contributed by atoms with Crippen LogP contribution in [0.25, 0.3) is 0 Å². The fraction of sp³-hybridized carbons (Fsp3) is 0.0833. The van der Waals surface area contributed by atoms with E-state index in [4.69, 9.17) is 33.8 Å². The van der Waals surface area contributed by atoms with Gasteiger partial charge in [0, 0.05) is 16.3 Å². The number of thiazole rings is 1. The minimum Gasteiger partial charge on any atom is -0.389 e. The van der Waals surface area contributed by atoms with Crippen molar-refractivity contribution in [3.63, 3.8) is 0 Å². The molecule has 3 heterocycles. The number of hydrogen-bond donors (Lipinski definition) is 1. The van der Waals surface area contributed by atoms with Crippen molar-refractivity contribution in [2.24, 2.45) is 5.16 Å². The lowest BCUT2D eigenvalue weighted by Gasteiger charge is -2.03. The van der Waals surface area contributed by atoms with Gasteiger partial charge >= 0.3 is 0 Å². The SMILES string of the molecule is Nc1nc(CO/N=C(/c2ccsc2)c2snc(Cl)c2Cl)cs1. The Bertz CT molecular complexity index is 797. The highest BCUT2D eigenvalue weighted by atomic mass is 35.5. The fourth-order valence-corrected chi connectivity index (χ4v) is 3.99. The van der Waals surface area contributed by atoms with E-state index in [1.807, 2.05) is 22.2 Å². The molecule has 0 saturated carbocycles. The normalized spacial score (nSPS) is 11.8. The Labute approximate surface area is 148 Å². The molecule has 114 valence electrons. The highest BCUT2D eigenvalue weighted by molar-refractivity contribution is 7.13. The Morgan fingerprint density at radius 2 is 2.23 bits per heavy atom. The predicted molar refractivity (Wildman–Crippen MR) is 93.4 cm³/mol. The molecule has 0 radical (unpaired) electrons. The third kappa shape index (κ3) is 3.41. The van der Waals surface area contributed by atoms with Crippen molar-refractivity contribution in [2.45, 2.75) is 6.61 Å². The summed E-state index contributed by atoms with van der Waals surface area (Å²) in [5.41, 5.74) is 7.80. The maximum absolute atomic E-state index is 6.18. The van der Waals surface area contributed by atoms with Crippen LogP contribution in [-0.2, 0) is 11.4 Å². The summed E-state index contributed by atoms with van der Waals surface area (Å²) < 4.78 is 4.03. The molecule has 22 heavy (non-hydrogen) atoms. The molecule has 0 aliphatic rings. The molecule has 0 aromatic carbocycles. The van der Waals surface area contributed by atoms with Crippen molar-refractivity contribution >= 4 is 68.3 Å². The van der Waals surface area contributed by atoms with Gasteiger partial charge in [-0.3, -0.25) is 0 Å². The van der Waals surface area contributed by atoms with Crippen LogP contribution < -0.4 is 5.73 Å². The van der Waals surface area contributed by atoms with Gasteiger partial charge in [-0.1, -0.05) is 28.4 Å². The predicted octanol–water partition coefficient (Wildman–Crippen LogP) is 4.52. The first kappa shape index (κ1) is 15.7. The lowest BCUT2D eigenvalue weighted by Crippen LogP contribution is -2.02. The van der Waals surface area contributed by atoms with E-state index in [2.05, 4.69) is 14.5 Å². The van der Waals surface area contributed by atoms with Crippen LogP contribution in [-0.4, -0.2) is 15.1 Å². The molecule has 3 aromatic rings. The van der Waals surface area contributed by atoms with Crippen molar-refractivity contribution < 1.29 is 4.84 Å². The number of nitrogen functional groups attached to an aromatic ring is 1. The standard InChI is InChI=1S/C12H8Cl2N4OS3/c13-8-10(22-18-11(8)14)9(6-1-2-20-4-6)17-19-3-7-5-21-12(15)16-7/h1-2,4-5H,3H2,(H2,15,16)/b17-9-. The summed E-state index contributed by atoms with van der Waals surface area (Å²) in [6.07, 6.45) is 0. The van der Waals surface area contributed by atoms with Crippen molar-refractivity contribution in [3.8, 4) is 0 Å². The lowest BCUT2D eigenvalue weighted by molar-refractivity contribution is 0.128. The van der Waals surface area contributed by atoms with Crippen molar-refractivity contribution in [2.75, 3.05) is 5.73 Å². The molecule has 0 atom stereocenters. The van der Waals surface area contributed by atoms with Gasteiger partial charge in [0.2, 0.25) is 0 Å². The van der Waals surface area contributed by atoms with Crippen LogP contribution in [0.3, 0.4) is 0 Å². The number of hydrogen-bond acceptors (Lipinski definition) is 8. The Balaban J connectivity index is 1.85. The second kappa shape index (κ2) is 6.93. The van der Waals surface area contributed by atoms with E-state index in [0.717, 1.165) is 11.3 Å². The van der Waals surface area contributed by atoms with Crippen LogP contribution in [0.5, 0.6) is 0 Å². The van der Waals surface area contributed by atoms with Gasteiger partial charge in [0.15, 0.2) is 16.9 Å². The second-order valence-electron chi connectivity index (χ2n) is 4.02. The molecule has 0 amide bonds. The smallest absolute Gasteiger partial charge is 0.180 e. The molecule has 0 spiro atoms. The molecular formula is C12H8Cl2N4OS3. The van der Waals surface area contributed by atoms with E-state index in [1.54, 1.807) is 11.3 Å². The molecule has 0 unspecified atom stereocenters.